The van der Waals surface area contributed by atoms with Gasteiger partial charge in [-0.25, -0.2) is 0 Å². The number of hydrogen-bond acceptors (Lipinski definition) is 2. The Balaban J connectivity index is 2.05. The van der Waals surface area contributed by atoms with Crippen molar-refractivity contribution < 1.29 is 0 Å². The second-order valence-corrected chi connectivity index (χ2v) is 5.51. The molecule has 1 aliphatic heterocycles. The summed E-state index contributed by atoms with van der Waals surface area (Å²) < 4.78 is 0. The predicted molar refractivity (Wildman–Crippen MR) is 77.5 cm³/mol. The van der Waals surface area contributed by atoms with Crippen molar-refractivity contribution in [2.24, 2.45) is 5.73 Å². The molecule has 0 aliphatic carbocycles. The van der Waals surface area contributed by atoms with Crippen LogP contribution in [0, 0.1) is 0 Å². The average Bonchev–Trinajstić information content (AvgIpc) is 2.42. The molecule has 1 fully saturated rings. The largest absolute Gasteiger partial charge is 0.329 e. The topological polar surface area (TPSA) is 29.3 Å². The standard InChI is InChI=1S/C16H26N2/c1-3-14-7-9-15(10-8-14)12-18-13(2)5-4-6-16(18)11-17/h7-10,13,16H,3-6,11-12,17H2,1-2H3. The van der Waals surface area contributed by atoms with Gasteiger partial charge in [-0.1, -0.05) is 37.6 Å². The number of hydrogen-bond donors (Lipinski definition) is 1. The third-order valence-corrected chi connectivity index (χ3v) is 4.26. The molecule has 2 rings (SSSR count). The van der Waals surface area contributed by atoms with Crippen LogP contribution in [0.2, 0.25) is 0 Å². The van der Waals surface area contributed by atoms with E-state index >= 15 is 0 Å². The highest BCUT2D eigenvalue weighted by atomic mass is 15.2. The smallest absolute Gasteiger partial charge is 0.0240 e. The van der Waals surface area contributed by atoms with Gasteiger partial charge in [0.1, 0.15) is 0 Å². The number of benzene rings is 1. The molecule has 2 N–H and O–H groups in total. The first kappa shape index (κ1) is 13.6. The van der Waals surface area contributed by atoms with Crippen molar-refractivity contribution in [3.05, 3.63) is 35.4 Å². The van der Waals surface area contributed by atoms with Crippen LogP contribution in [0.25, 0.3) is 0 Å². The van der Waals surface area contributed by atoms with Crippen molar-refractivity contribution in [1.29, 1.82) is 0 Å². The molecule has 2 nitrogen and oxygen atoms in total. The first-order chi connectivity index (χ1) is 8.74. The molecule has 0 bridgehead atoms. The van der Waals surface area contributed by atoms with Gasteiger partial charge in [0.2, 0.25) is 0 Å². The molecule has 0 radical (unpaired) electrons. The van der Waals surface area contributed by atoms with Gasteiger partial charge in [0, 0.05) is 25.2 Å². The molecule has 2 heteroatoms. The minimum Gasteiger partial charge on any atom is -0.329 e. The maximum atomic E-state index is 5.91. The van der Waals surface area contributed by atoms with Crippen LogP contribution in [0.15, 0.2) is 24.3 Å². The van der Waals surface area contributed by atoms with Crippen LogP contribution in [0.1, 0.15) is 44.2 Å². The van der Waals surface area contributed by atoms with Gasteiger partial charge in [0.15, 0.2) is 0 Å². The zero-order chi connectivity index (χ0) is 13.0. The fourth-order valence-corrected chi connectivity index (χ4v) is 2.97. The summed E-state index contributed by atoms with van der Waals surface area (Å²) in [6, 6.07) is 10.3. The molecule has 1 heterocycles. The summed E-state index contributed by atoms with van der Waals surface area (Å²) >= 11 is 0. The van der Waals surface area contributed by atoms with E-state index in [1.807, 2.05) is 0 Å². The van der Waals surface area contributed by atoms with Crippen LogP contribution >= 0.6 is 0 Å². The second-order valence-electron chi connectivity index (χ2n) is 5.51. The molecular weight excluding hydrogens is 220 g/mol. The molecule has 0 saturated carbocycles. The summed E-state index contributed by atoms with van der Waals surface area (Å²) in [6.45, 7) is 6.37. The van der Waals surface area contributed by atoms with Crippen LogP contribution in [-0.2, 0) is 13.0 Å². The molecule has 0 aromatic heterocycles. The molecule has 1 aliphatic rings. The predicted octanol–water partition coefficient (Wildman–Crippen LogP) is 2.95. The minimum absolute atomic E-state index is 0.569. The summed E-state index contributed by atoms with van der Waals surface area (Å²) in [5.41, 5.74) is 8.75. The van der Waals surface area contributed by atoms with Gasteiger partial charge in [-0.15, -0.1) is 0 Å². The number of aryl methyl sites for hydroxylation is 1. The van der Waals surface area contributed by atoms with Crippen molar-refractivity contribution in [3.63, 3.8) is 0 Å². The van der Waals surface area contributed by atoms with Gasteiger partial charge < -0.3 is 5.73 Å². The molecular formula is C16H26N2. The summed E-state index contributed by atoms with van der Waals surface area (Å²) in [6.07, 6.45) is 5.01. The average molecular weight is 246 g/mol. The summed E-state index contributed by atoms with van der Waals surface area (Å²) in [7, 11) is 0. The van der Waals surface area contributed by atoms with E-state index in [2.05, 4.69) is 43.0 Å². The fourth-order valence-electron chi connectivity index (χ4n) is 2.97. The monoisotopic (exact) mass is 246 g/mol. The molecule has 2 unspecified atom stereocenters. The van der Waals surface area contributed by atoms with Gasteiger partial charge in [0.25, 0.3) is 0 Å². The molecule has 100 valence electrons. The van der Waals surface area contributed by atoms with E-state index in [1.165, 1.54) is 30.4 Å². The summed E-state index contributed by atoms with van der Waals surface area (Å²) in [5.74, 6) is 0. The minimum atomic E-state index is 0.569. The molecule has 0 spiro atoms. The van der Waals surface area contributed by atoms with Gasteiger partial charge in [-0.05, 0) is 37.3 Å². The van der Waals surface area contributed by atoms with Gasteiger partial charge >= 0.3 is 0 Å². The van der Waals surface area contributed by atoms with Crippen molar-refractivity contribution >= 4 is 0 Å². The highest BCUT2D eigenvalue weighted by molar-refractivity contribution is 5.22. The Morgan fingerprint density at radius 2 is 1.83 bits per heavy atom. The number of nitrogens with zero attached hydrogens (tertiary/aromatic N) is 1. The van der Waals surface area contributed by atoms with Crippen molar-refractivity contribution in [3.8, 4) is 0 Å². The third kappa shape index (κ3) is 3.12. The van der Waals surface area contributed by atoms with E-state index in [4.69, 9.17) is 5.73 Å². The number of piperidine rings is 1. The van der Waals surface area contributed by atoms with Gasteiger partial charge in [-0.3, -0.25) is 4.90 Å². The number of rotatable bonds is 4. The molecule has 1 aromatic carbocycles. The van der Waals surface area contributed by atoms with E-state index in [0.29, 0.717) is 12.1 Å². The maximum absolute atomic E-state index is 5.91. The Morgan fingerprint density at radius 1 is 1.17 bits per heavy atom. The molecule has 2 atom stereocenters. The third-order valence-electron chi connectivity index (χ3n) is 4.26. The molecule has 0 amide bonds. The highest BCUT2D eigenvalue weighted by Crippen LogP contribution is 2.24. The Kier molecular flexibility index (Phi) is 4.79. The quantitative estimate of drug-likeness (QED) is 0.885. The summed E-state index contributed by atoms with van der Waals surface area (Å²) in [4.78, 5) is 2.59. The Labute approximate surface area is 111 Å². The Morgan fingerprint density at radius 3 is 2.44 bits per heavy atom. The summed E-state index contributed by atoms with van der Waals surface area (Å²) in [5, 5.41) is 0. The van der Waals surface area contributed by atoms with Crippen LogP contribution < -0.4 is 5.73 Å². The lowest BCUT2D eigenvalue weighted by Gasteiger charge is -2.40. The lowest BCUT2D eigenvalue weighted by Crippen LogP contribution is -2.48. The second kappa shape index (κ2) is 6.35. The number of nitrogens with two attached hydrogens (primary N) is 1. The van der Waals surface area contributed by atoms with Crippen molar-refractivity contribution in [2.75, 3.05) is 6.54 Å². The van der Waals surface area contributed by atoms with Gasteiger partial charge in [0.05, 0.1) is 0 Å². The van der Waals surface area contributed by atoms with E-state index in [0.717, 1.165) is 19.5 Å². The van der Waals surface area contributed by atoms with E-state index < -0.39 is 0 Å². The highest BCUT2D eigenvalue weighted by Gasteiger charge is 2.26. The first-order valence-corrected chi connectivity index (χ1v) is 7.28. The van der Waals surface area contributed by atoms with E-state index in [-0.39, 0.29) is 0 Å². The van der Waals surface area contributed by atoms with Crippen LogP contribution in [0.3, 0.4) is 0 Å². The Hall–Kier alpha value is -0.860. The Bertz CT molecular complexity index is 358. The SMILES string of the molecule is CCc1ccc(CN2C(C)CCCC2CN)cc1. The van der Waals surface area contributed by atoms with Crippen molar-refractivity contribution in [1.82, 2.24) is 4.90 Å². The normalized spacial score (nSPS) is 25.3. The van der Waals surface area contributed by atoms with E-state index in [1.54, 1.807) is 0 Å². The molecule has 1 aromatic rings. The maximum Gasteiger partial charge on any atom is 0.0240 e. The first-order valence-electron chi connectivity index (χ1n) is 7.28. The zero-order valence-corrected chi connectivity index (χ0v) is 11.7. The molecule has 18 heavy (non-hydrogen) atoms. The lowest BCUT2D eigenvalue weighted by molar-refractivity contribution is 0.0892. The lowest BCUT2D eigenvalue weighted by atomic mass is 9.95. The fraction of sp³-hybridized carbons (Fsp3) is 0.625. The van der Waals surface area contributed by atoms with Crippen molar-refractivity contribution in [2.45, 2.75) is 58.2 Å². The number of likely N-dealkylation sites (tertiary alicyclic amines) is 1. The van der Waals surface area contributed by atoms with Crippen LogP contribution in [0.5, 0.6) is 0 Å². The van der Waals surface area contributed by atoms with Crippen LogP contribution in [-0.4, -0.2) is 23.5 Å². The van der Waals surface area contributed by atoms with E-state index in [9.17, 15) is 0 Å². The van der Waals surface area contributed by atoms with Crippen LogP contribution in [0.4, 0.5) is 0 Å². The zero-order valence-electron chi connectivity index (χ0n) is 11.7. The van der Waals surface area contributed by atoms with Gasteiger partial charge in [-0.2, -0.15) is 0 Å². The molecule has 1 saturated heterocycles.